The number of nitrogens with one attached hydrogen (secondary N) is 2. The number of halogens is 2. The van der Waals surface area contributed by atoms with Crippen LogP contribution in [0.1, 0.15) is 54.9 Å². The van der Waals surface area contributed by atoms with E-state index < -0.39 is 17.6 Å². The smallest absolute Gasteiger partial charge is 0.407 e. The molecule has 0 bridgehead atoms. The molecule has 0 saturated carbocycles. The van der Waals surface area contributed by atoms with Gasteiger partial charge < -0.3 is 20.1 Å². The van der Waals surface area contributed by atoms with Crippen molar-refractivity contribution in [3.05, 3.63) is 75.0 Å². The third-order valence-electron chi connectivity index (χ3n) is 4.94. The highest BCUT2D eigenvalue weighted by atomic mass is 35.5. The van der Waals surface area contributed by atoms with E-state index in [2.05, 4.69) is 20.6 Å². The molecule has 0 fully saturated rings. The van der Waals surface area contributed by atoms with E-state index in [0.717, 1.165) is 11.1 Å². The van der Waals surface area contributed by atoms with Crippen molar-refractivity contribution in [2.24, 2.45) is 0 Å². The fraction of sp³-hybridized carbons (Fsp3) is 0.333. The molecule has 0 saturated heterocycles. The summed E-state index contributed by atoms with van der Waals surface area (Å²) in [6.07, 6.45) is 1.14. The Labute approximate surface area is 226 Å². The molecule has 8 nitrogen and oxygen atoms in total. The van der Waals surface area contributed by atoms with Crippen LogP contribution in [0.3, 0.4) is 0 Å². The summed E-state index contributed by atoms with van der Waals surface area (Å²) in [5.74, 6) is 0.00466. The van der Waals surface area contributed by atoms with Gasteiger partial charge in [0.05, 0.1) is 27.9 Å². The fourth-order valence-electron chi connectivity index (χ4n) is 3.35. The molecule has 10 heteroatoms. The van der Waals surface area contributed by atoms with Gasteiger partial charge in [-0.25, -0.2) is 14.8 Å². The van der Waals surface area contributed by atoms with Crippen LogP contribution in [-0.2, 0) is 17.8 Å². The maximum atomic E-state index is 13.1. The van der Waals surface area contributed by atoms with Gasteiger partial charge in [0.1, 0.15) is 11.3 Å². The monoisotopic (exact) mass is 544 g/mol. The molecule has 2 amide bonds. The number of benzene rings is 1. The lowest BCUT2D eigenvalue weighted by Gasteiger charge is -2.20. The van der Waals surface area contributed by atoms with Crippen LogP contribution in [0.2, 0.25) is 10.0 Å². The zero-order valence-corrected chi connectivity index (χ0v) is 23.0. The maximum Gasteiger partial charge on any atom is 0.407 e. The SMILES string of the molecule is CCOc1ncc(C)cc1-c1cc(CNC(=O)OC(C)(C)C)cc(C(=O)NCc2ccc(Cl)c(Cl)c2)n1. The highest BCUT2D eigenvalue weighted by molar-refractivity contribution is 6.42. The van der Waals surface area contributed by atoms with Gasteiger partial charge in [0, 0.05) is 19.3 Å². The van der Waals surface area contributed by atoms with E-state index in [1.807, 2.05) is 19.9 Å². The number of nitrogens with zero attached hydrogens (tertiary/aromatic N) is 2. The van der Waals surface area contributed by atoms with Crippen LogP contribution in [0.5, 0.6) is 5.88 Å². The minimum absolute atomic E-state index is 0.126. The number of aryl methyl sites for hydroxylation is 1. The van der Waals surface area contributed by atoms with Gasteiger partial charge in [-0.1, -0.05) is 29.3 Å². The largest absolute Gasteiger partial charge is 0.477 e. The highest BCUT2D eigenvalue weighted by Gasteiger charge is 2.18. The van der Waals surface area contributed by atoms with Gasteiger partial charge in [-0.3, -0.25) is 4.79 Å². The first-order chi connectivity index (χ1) is 17.4. The Hall–Kier alpha value is -3.36. The van der Waals surface area contributed by atoms with E-state index in [4.69, 9.17) is 32.7 Å². The lowest BCUT2D eigenvalue weighted by molar-refractivity contribution is 0.0523. The molecule has 2 heterocycles. The number of rotatable bonds is 8. The van der Waals surface area contributed by atoms with Crippen LogP contribution in [0.25, 0.3) is 11.3 Å². The fourth-order valence-corrected chi connectivity index (χ4v) is 3.67. The first-order valence-corrected chi connectivity index (χ1v) is 12.5. The van der Waals surface area contributed by atoms with Crippen molar-refractivity contribution >= 4 is 35.2 Å². The van der Waals surface area contributed by atoms with Gasteiger partial charge in [-0.2, -0.15) is 0 Å². The molecular formula is C27H30Cl2N4O4. The lowest BCUT2D eigenvalue weighted by atomic mass is 10.1. The molecule has 0 spiro atoms. The molecule has 0 atom stereocenters. The van der Waals surface area contributed by atoms with Crippen molar-refractivity contribution in [3.63, 3.8) is 0 Å². The van der Waals surface area contributed by atoms with Crippen LogP contribution in [0.15, 0.2) is 42.6 Å². The topological polar surface area (TPSA) is 102 Å². The van der Waals surface area contributed by atoms with Crippen molar-refractivity contribution in [1.29, 1.82) is 0 Å². The van der Waals surface area contributed by atoms with Gasteiger partial charge in [-0.15, -0.1) is 0 Å². The molecule has 3 aromatic rings. The van der Waals surface area contributed by atoms with Crippen molar-refractivity contribution in [2.45, 2.75) is 53.3 Å². The zero-order valence-electron chi connectivity index (χ0n) is 21.4. The first kappa shape index (κ1) is 28.2. The number of carbonyl (C=O) groups is 2. The van der Waals surface area contributed by atoms with Crippen molar-refractivity contribution in [2.75, 3.05) is 6.61 Å². The predicted octanol–water partition coefficient (Wildman–Crippen LogP) is 6.11. The summed E-state index contributed by atoms with van der Waals surface area (Å²) in [6, 6.07) is 10.4. The summed E-state index contributed by atoms with van der Waals surface area (Å²) < 4.78 is 11.0. The second-order valence-corrected chi connectivity index (χ2v) is 10.1. The molecule has 0 unspecified atom stereocenters. The van der Waals surface area contributed by atoms with E-state index in [1.165, 1.54) is 0 Å². The number of alkyl carbamates (subject to hydrolysis) is 1. The first-order valence-electron chi connectivity index (χ1n) is 11.7. The van der Waals surface area contributed by atoms with E-state index in [0.29, 0.717) is 39.4 Å². The highest BCUT2D eigenvalue weighted by Crippen LogP contribution is 2.29. The molecule has 37 heavy (non-hydrogen) atoms. The molecular weight excluding hydrogens is 515 g/mol. The summed E-state index contributed by atoms with van der Waals surface area (Å²) in [6.45, 7) is 9.89. The van der Waals surface area contributed by atoms with Gasteiger partial charge in [0.25, 0.3) is 5.91 Å². The molecule has 1 aromatic carbocycles. The summed E-state index contributed by atoms with van der Waals surface area (Å²) in [5, 5.41) is 6.42. The maximum absolute atomic E-state index is 13.1. The van der Waals surface area contributed by atoms with Gasteiger partial charge in [0.2, 0.25) is 5.88 Å². The Bertz CT molecular complexity index is 1290. The van der Waals surface area contributed by atoms with E-state index in [-0.39, 0.29) is 18.8 Å². The number of hydrogen-bond acceptors (Lipinski definition) is 6. The van der Waals surface area contributed by atoms with Crippen LogP contribution in [-0.4, -0.2) is 34.2 Å². The van der Waals surface area contributed by atoms with Crippen molar-refractivity contribution in [3.8, 4) is 17.1 Å². The second kappa shape index (κ2) is 12.3. The Morgan fingerprint density at radius 1 is 0.973 bits per heavy atom. The number of carbonyl (C=O) groups excluding carboxylic acids is 2. The molecule has 0 aliphatic carbocycles. The number of pyridine rings is 2. The molecule has 2 N–H and O–H groups in total. The van der Waals surface area contributed by atoms with Crippen LogP contribution >= 0.6 is 23.2 Å². The normalized spacial score (nSPS) is 11.1. The third-order valence-corrected chi connectivity index (χ3v) is 5.67. The van der Waals surface area contributed by atoms with Gasteiger partial charge in [0.15, 0.2) is 0 Å². The number of hydrogen-bond donors (Lipinski definition) is 2. The predicted molar refractivity (Wildman–Crippen MR) is 144 cm³/mol. The number of aromatic nitrogens is 2. The van der Waals surface area contributed by atoms with Gasteiger partial charge in [-0.05, 0) is 81.6 Å². The van der Waals surface area contributed by atoms with Gasteiger partial charge >= 0.3 is 6.09 Å². The lowest BCUT2D eigenvalue weighted by Crippen LogP contribution is -2.32. The average molecular weight is 545 g/mol. The van der Waals surface area contributed by atoms with E-state index in [1.54, 1.807) is 57.3 Å². The number of amides is 2. The molecule has 0 aliphatic heterocycles. The van der Waals surface area contributed by atoms with Crippen LogP contribution in [0.4, 0.5) is 4.79 Å². The van der Waals surface area contributed by atoms with E-state index in [9.17, 15) is 9.59 Å². The summed E-state index contributed by atoms with van der Waals surface area (Å²) in [4.78, 5) is 34.3. The second-order valence-electron chi connectivity index (χ2n) is 9.33. The molecule has 3 rings (SSSR count). The molecule has 0 radical (unpaired) electrons. The Kier molecular flexibility index (Phi) is 9.34. The summed E-state index contributed by atoms with van der Waals surface area (Å²) in [5.41, 5.74) is 3.00. The quantitative estimate of drug-likeness (QED) is 0.354. The van der Waals surface area contributed by atoms with Crippen LogP contribution < -0.4 is 15.4 Å². The van der Waals surface area contributed by atoms with Crippen molar-refractivity contribution in [1.82, 2.24) is 20.6 Å². The molecule has 196 valence electrons. The standard InChI is InChI=1S/C27H30Cl2N4O4/c1-6-36-25-19(9-16(2)13-31-25)22-11-18(15-32-26(35)37-27(3,4)5)12-23(33-22)24(34)30-14-17-7-8-20(28)21(29)10-17/h7-13H,6,14-15H2,1-5H3,(H,30,34)(H,32,35). The average Bonchev–Trinajstić information content (AvgIpc) is 2.83. The van der Waals surface area contributed by atoms with Crippen LogP contribution in [0, 0.1) is 6.92 Å². The zero-order chi connectivity index (χ0) is 27.2. The van der Waals surface area contributed by atoms with Crippen molar-refractivity contribution < 1.29 is 19.1 Å². The summed E-state index contributed by atoms with van der Waals surface area (Å²) >= 11 is 12.1. The Balaban J connectivity index is 1.92. The number of ether oxygens (including phenoxy) is 2. The third kappa shape index (κ3) is 8.33. The minimum Gasteiger partial charge on any atom is -0.477 e. The van der Waals surface area contributed by atoms with E-state index >= 15 is 0 Å². The Morgan fingerprint density at radius 2 is 1.70 bits per heavy atom. The summed E-state index contributed by atoms with van der Waals surface area (Å²) in [7, 11) is 0. The Morgan fingerprint density at radius 3 is 2.38 bits per heavy atom. The molecule has 0 aliphatic rings. The molecule has 2 aromatic heterocycles. The minimum atomic E-state index is -0.636.